The Balaban J connectivity index is 2.45. The van der Waals surface area contributed by atoms with Crippen LogP contribution in [0.1, 0.15) is 43.5 Å². The van der Waals surface area contributed by atoms with Gasteiger partial charge in [-0.3, -0.25) is 0 Å². The van der Waals surface area contributed by atoms with Gasteiger partial charge in [-0.05, 0) is 36.1 Å². The number of hydrogen-bond donors (Lipinski definition) is 0. The minimum atomic E-state index is -1.09. The monoisotopic (exact) mass is 252 g/mol. The Morgan fingerprint density at radius 3 is 2.28 bits per heavy atom. The predicted octanol–water partition coefficient (Wildman–Crippen LogP) is 3.18. The molecule has 3 nitrogen and oxygen atoms in total. The fourth-order valence-electron chi connectivity index (χ4n) is 2.16. The molecule has 0 aliphatic carbocycles. The largest absolute Gasteiger partial charge is 0.486 e. The molecule has 0 radical (unpaired) electrons. The number of carbonyl (C=O) groups excluding carboxylic acids is 1. The summed E-state index contributed by atoms with van der Waals surface area (Å²) in [5, 5.41) is 0. The molecule has 0 bridgehead atoms. The number of ether oxygens (including phenoxy) is 2. The lowest BCUT2D eigenvalue weighted by Crippen LogP contribution is -2.16. The van der Waals surface area contributed by atoms with Gasteiger partial charge in [-0.1, -0.05) is 6.92 Å². The maximum absolute atomic E-state index is 13.7. The van der Waals surface area contributed by atoms with E-state index >= 15 is 0 Å². The second kappa shape index (κ2) is 5.38. The van der Waals surface area contributed by atoms with E-state index in [0.717, 1.165) is 11.8 Å². The van der Waals surface area contributed by atoms with Crippen LogP contribution < -0.4 is 9.47 Å². The Morgan fingerprint density at radius 2 is 1.78 bits per heavy atom. The summed E-state index contributed by atoms with van der Waals surface area (Å²) in [6.07, 6.45) is 0.137. The van der Waals surface area contributed by atoms with E-state index in [1.807, 2.05) is 6.92 Å². The van der Waals surface area contributed by atoms with Crippen LogP contribution in [0, 0.1) is 0 Å². The van der Waals surface area contributed by atoms with Crippen molar-refractivity contribution in [3.05, 3.63) is 23.3 Å². The predicted molar refractivity (Wildman–Crippen MR) is 66.1 cm³/mol. The van der Waals surface area contributed by atoms with Crippen molar-refractivity contribution in [1.29, 1.82) is 0 Å². The Bertz CT molecular complexity index is 443. The van der Waals surface area contributed by atoms with E-state index in [1.165, 1.54) is 6.92 Å². The zero-order chi connectivity index (χ0) is 13.1. The van der Waals surface area contributed by atoms with Gasteiger partial charge in [0.15, 0.2) is 11.5 Å². The Hall–Kier alpha value is -1.58. The van der Waals surface area contributed by atoms with Crippen LogP contribution >= 0.6 is 0 Å². The van der Waals surface area contributed by atoms with Gasteiger partial charge >= 0.3 is 0 Å². The third kappa shape index (κ3) is 2.47. The van der Waals surface area contributed by atoms with Crippen LogP contribution in [-0.2, 0) is 4.79 Å². The molecular formula is C14H17FO3. The lowest BCUT2D eigenvalue weighted by atomic mass is 9.91. The van der Waals surface area contributed by atoms with E-state index in [2.05, 4.69) is 0 Å². The first-order valence-electron chi connectivity index (χ1n) is 6.14. The second-order valence-electron chi connectivity index (χ2n) is 4.54. The molecular weight excluding hydrogens is 235 g/mol. The molecule has 0 saturated carbocycles. The zero-order valence-electron chi connectivity index (χ0n) is 10.6. The van der Waals surface area contributed by atoms with Crippen molar-refractivity contribution in [2.45, 2.75) is 32.4 Å². The minimum absolute atomic E-state index is 0.0217. The Kier molecular flexibility index (Phi) is 3.84. The molecule has 1 aliphatic heterocycles. The molecule has 1 heterocycles. The van der Waals surface area contributed by atoms with Crippen LogP contribution in [0.15, 0.2) is 12.1 Å². The summed E-state index contributed by atoms with van der Waals surface area (Å²) < 4.78 is 24.6. The SMILES string of the molecule is CC(F)c1cc2c(cc1C(C)CC=O)OCCO2. The van der Waals surface area contributed by atoms with E-state index in [4.69, 9.17) is 9.47 Å². The van der Waals surface area contributed by atoms with Crippen molar-refractivity contribution in [3.8, 4) is 11.5 Å². The standard InChI is InChI=1S/C14H17FO3/c1-9(3-4-16)11-7-13-14(18-6-5-17-13)8-12(11)10(2)15/h4,7-10H,3,5-6H2,1-2H3. The number of hydrogen-bond acceptors (Lipinski definition) is 3. The first-order valence-corrected chi connectivity index (χ1v) is 6.14. The van der Waals surface area contributed by atoms with Crippen LogP contribution in [0.5, 0.6) is 11.5 Å². The van der Waals surface area contributed by atoms with Gasteiger partial charge in [-0.15, -0.1) is 0 Å². The van der Waals surface area contributed by atoms with E-state index in [0.29, 0.717) is 36.7 Å². The summed E-state index contributed by atoms with van der Waals surface area (Å²) >= 11 is 0. The van der Waals surface area contributed by atoms with Crippen LogP contribution in [0.25, 0.3) is 0 Å². The fraction of sp³-hybridized carbons (Fsp3) is 0.500. The highest BCUT2D eigenvalue weighted by molar-refractivity contribution is 5.55. The summed E-state index contributed by atoms with van der Waals surface area (Å²) in [6, 6.07) is 3.49. The zero-order valence-corrected chi connectivity index (χ0v) is 10.6. The van der Waals surface area contributed by atoms with Crippen molar-refractivity contribution in [2.75, 3.05) is 13.2 Å². The number of carbonyl (C=O) groups is 1. The molecule has 1 aromatic carbocycles. The maximum atomic E-state index is 13.7. The second-order valence-corrected chi connectivity index (χ2v) is 4.54. The number of alkyl halides is 1. The number of benzene rings is 1. The van der Waals surface area contributed by atoms with Crippen LogP contribution in [0.3, 0.4) is 0 Å². The molecule has 0 fully saturated rings. The highest BCUT2D eigenvalue weighted by Crippen LogP contribution is 2.39. The van der Waals surface area contributed by atoms with E-state index in [9.17, 15) is 9.18 Å². The van der Waals surface area contributed by atoms with Gasteiger partial charge in [0, 0.05) is 6.42 Å². The third-order valence-corrected chi connectivity index (χ3v) is 3.16. The van der Waals surface area contributed by atoms with Crippen molar-refractivity contribution < 1.29 is 18.7 Å². The highest BCUT2D eigenvalue weighted by Gasteiger charge is 2.21. The summed E-state index contributed by atoms with van der Waals surface area (Å²) in [4.78, 5) is 10.6. The normalized spacial score (nSPS) is 17.1. The average molecular weight is 252 g/mol. The molecule has 0 saturated heterocycles. The van der Waals surface area contributed by atoms with Gasteiger partial charge < -0.3 is 14.3 Å². The number of aldehydes is 1. The summed E-state index contributed by atoms with van der Waals surface area (Å²) in [5.41, 5.74) is 1.40. The average Bonchev–Trinajstić information content (AvgIpc) is 2.37. The smallest absolute Gasteiger partial charge is 0.161 e. The van der Waals surface area contributed by atoms with Gasteiger partial charge in [0.2, 0.25) is 0 Å². The molecule has 0 spiro atoms. The Labute approximate surface area is 106 Å². The topological polar surface area (TPSA) is 35.5 Å². The van der Waals surface area contributed by atoms with E-state index < -0.39 is 6.17 Å². The lowest BCUT2D eigenvalue weighted by Gasteiger charge is -2.23. The molecule has 98 valence electrons. The van der Waals surface area contributed by atoms with Gasteiger partial charge in [0.05, 0.1) is 0 Å². The van der Waals surface area contributed by atoms with Crippen molar-refractivity contribution in [2.24, 2.45) is 0 Å². The van der Waals surface area contributed by atoms with Crippen molar-refractivity contribution in [1.82, 2.24) is 0 Å². The van der Waals surface area contributed by atoms with Gasteiger partial charge in [0.25, 0.3) is 0 Å². The lowest BCUT2D eigenvalue weighted by molar-refractivity contribution is -0.108. The molecule has 4 heteroatoms. The summed E-state index contributed by atoms with van der Waals surface area (Å²) in [7, 11) is 0. The summed E-state index contributed by atoms with van der Waals surface area (Å²) in [6.45, 7) is 4.38. The van der Waals surface area contributed by atoms with Crippen molar-refractivity contribution >= 4 is 6.29 Å². The summed E-state index contributed by atoms with van der Waals surface area (Å²) in [5.74, 6) is 1.20. The fourth-order valence-corrected chi connectivity index (χ4v) is 2.16. The highest BCUT2D eigenvalue weighted by atomic mass is 19.1. The first-order chi connectivity index (χ1) is 8.63. The first kappa shape index (κ1) is 12.9. The quantitative estimate of drug-likeness (QED) is 0.772. The number of fused-ring (bicyclic) bond motifs is 1. The van der Waals surface area contributed by atoms with E-state index in [1.54, 1.807) is 12.1 Å². The van der Waals surface area contributed by atoms with Gasteiger partial charge in [0.1, 0.15) is 25.7 Å². The minimum Gasteiger partial charge on any atom is -0.486 e. The van der Waals surface area contributed by atoms with E-state index in [-0.39, 0.29) is 5.92 Å². The van der Waals surface area contributed by atoms with Crippen LogP contribution in [0.4, 0.5) is 4.39 Å². The molecule has 0 amide bonds. The van der Waals surface area contributed by atoms with Crippen LogP contribution in [0.2, 0.25) is 0 Å². The molecule has 18 heavy (non-hydrogen) atoms. The molecule has 2 rings (SSSR count). The van der Waals surface area contributed by atoms with Gasteiger partial charge in [-0.2, -0.15) is 0 Å². The molecule has 2 unspecified atom stereocenters. The molecule has 0 N–H and O–H groups in total. The van der Waals surface area contributed by atoms with Gasteiger partial charge in [-0.25, -0.2) is 4.39 Å². The third-order valence-electron chi connectivity index (χ3n) is 3.16. The molecule has 1 aromatic rings. The number of rotatable bonds is 4. The van der Waals surface area contributed by atoms with Crippen LogP contribution in [-0.4, -0.2) is 19.5 Å². The molecule has 1 aliphatic rings. The molecule has 2 atom stereocenters. The number of halogens is 1. The Morgan fingerprint density at radius 1 is 1.22 bits per heavy atom. The van der Waals surface area contributed by atoms with Crippen molar-refractivity contribution in [3.63, 3.8) is 0 Å². The maximum Gasteiger partial charge on any atom is 0.161 e. The molecule has 0 aromatic heterocycles.